The van der Waals surface area contributed by atoms with Crippen LogP contribution in [0.5, 0.6) is 0 Å². The number of rotatable bonds is 4. The number of aromatic nitrogens is 2. The van der Waals surface area contributed by atoms with Gasteiger partial charge in [-0.15, -0.1) is 0 Å². The fourth-order valence-corrected chi connectivity index (χ4v) is 3.63. The fraction of sp³-hybridized carbons (Fsp3) is 0.261. The number of ketones is 1. The number of carbonyl (C=O) groups excluding carboxylic acids is 2. The number of anilines is 1. The smallest absolute Gasteiger partial charge is 0.257 e. The Hall–Kier alpha value is -3.41. The molecule has 3 aromatic rings. The molecule has 0 aliphatic carbocycles. The summed E-state index contributed by atoms with van der Waals surface area (Å²) >= 11 is 0. The van der Waals surface area contributed by atoms with E-state index in [0.717, 1.165) is 30.0 Å². The van der Waals surface area contributed by atoms with E-state index in [1.165, 1.54) is 5.56 Å². The standard InChI is InChI=1S/C23H24N4O2/c1-16-3-5-19(6-4-16)22-21(15-24-25-22)23(29)27-13-11-26(12-14-27)20-9-7-18(8-10-20)17(2)28/h3-10,15H,11-14H2,1-2H3,(H,24,25). The number of nitrogens with zero attached hydrogens (tertiary/aromatic N) is 3. The lowest BCUT2D eigenvalue weighted by molar-refractivity contribution is 0.0747. The van der Waals surface area contributed by atoms with E-state index in [1.54, 1.807) is 13.1 Å². The Kier molecular flexibility index (Phi) is 5.16. The van der Waals surface area contributed by atoms with Gasteiger partial charge in [-0.1, -0.05) is 29.8 Å². The van der Waals surface area contributed by atoms with E-state index < -0.39 is 0 Å². The normalized spacial score (nSPS) is 14.1. The van der Waals surface area contributed by atoms with Crippen molar-refractivity contribution in [3.63, 3.8) is 0 Å². The summed E-state index contributed by atoms with van der Waals surface area (Å²) in [7, 11) is 0. The van der Waals surface area contributed by atoms with Crippen LogP contribution >= 0.6 is 0 Å². The maximum atomic E-state index is 13.1. The van der Waals surface area contributed by atoms with Gasteiger partial charge in [-0.3, -0.25) is 14.7 Å². The largest absolute Gasteiger partial charge is 0.368 e. The number of nitrogens with one attached hydrogen (secondary N) is 1. The molecule has 1 saturated heterocycles. The van der Waals surface area contributed by atoms with Crippen LogP contribution in [0.25, 0.3) is 11.3 Å². The molecule has 0 saturated carbocycles. The topological polar surface area (TPSA) is 69.3 Å². The summed E-state index contributed by atoms with van der Waals surface area (Å²) in [4.78, 5) is 28.7. The number of amides is 1. The van der Waals surface area contributed by atoms with Gasteiger partial charge in [0.25, 0.3) is 5.91 Å². The molecule has 1 fully saturated rings. The molecule has 1 aliphatic rings. The number of hydrogen-bond acceptors (Lipinski definition) is 4. The van der Waals surface area contributed by atoms with E-state index in [4.69, 9.17) is 0 Å². The average Bonchev–Trinajstić information content (AvgIpc) is 3.24. The molecule has 2 aromatic carbocycles. The highest BCUT2D eigenvalue weighted by Crippen LogP contribution is 2.24. The molecule has 0 spiro atoms. The van der Waals surface area contributed by atoms with Gasteiger partial charge in [0, 0.05) is 43.0 Å². The second kappa shape index (κ2) is 7.91. The Morgan fingerprint density at radius 3 is 2.21 bits per heavy atom. The Bertz CT molecular complexity index is 1010. The molecule has 2 heterocycles. The van der Waals surface area contributed by atoms with Gasteiger partial charge in [-0.2, -0.15) is 5.10 Å². The summed E-state index contributed by atoms with van der Waals surface area (Å²) in [6.45, 7) is 6.40. The number of Topliss-reactive ketones (excluding diaryl/α,β-unsaturated/α-hetero) is 1. The molecule has 6 nitrogen and oxygen atoms in total. The Morgan fingerprint density at radius 1 is 0.931 bits per heavy atom. The third-order valence-electron chi connectivity index (χ3n) is 5.42. The lowest BCUT2D eigenvalue weighted by Crippen LogP contribution is -2.48. The molecule has 0 bridgehead atoms. The van der Waals surface area contributed by atoms with Crippen molar-refractivity contribution in [1.82, 2.24) is 15.1 Å². The Morgan fingerprint density at radius 2 is 1.59 bits per heavy atom. The predicted octanol–water partition coefficient (Wildman–Crippen LogP) is 3.55. The van der Waals surface area contributed by atoms with Crippen molar-refractivity contribution >= 4 is 17.4 Å². The summed E-state index contributed by atoms with van der Waals surface area (Å²) < 4.78 is 0. The molecule has 1 aliphatic heterocycles. The third-order valence-corrected chi connectivity index (χ3v) is 5.42. The van der Waals surface area contributed by atoms with Crippen LogP contribution in [-0.4, -0.2) is 53.0 Å². The minimum absolute atomic E-state index is 0.000836. The van der Waals surface area contributed by atoms with Gasteiger partial charge in [0.2, 0.25) is 0 Å². The number of aryl methyl sites for hydroxylation is 1. The number of aromatic amines is 1. The van der Waals surface area contributed by atoms with Crippen molar-refractivity contribution < 1.29 is 9.59 Å². The first-order chi connectivity index (χ1) is 14.0. The molecule has 1 amide bonds. The molecular weight excluding hydrogens is 364 g/mol. The van der Waals surface area contributed by atoms with Gasteiger partial charge in [-0.25, -0.2) is 0 Å². The molecule has 148 valence electrons. The fourth-order valence-electron chi connectivity index (χ4n) is 3.63. The van der Waals surface area contributed by atoms with Crippen LogP contribution in [0, 0.1) is 6.92 Å². The SMILES string of the molecule is CC(=O)c1ccc(N2CCN(C(=O)c3cn[nH]c3-c3ccc(C)cc3)CC2)cc1. The van der Waals surface area contributed by atoms with Crippen LogP contribution < -0.4 is 4.90 Å². The lowest BCUT2D eigenvalue weighted by atomic mass is 10.1. The van der Waals surface area contributed by atoms with Crippen molar-refractivity contribution in [1.29, 1.82) is 0 Å². The minimum atomic E-state index is 0.000836. The van der Waals surface area contributed by atoms with Crippen LogP contribution in [0.4, 0.5) is 5.69 Å². The summed E-state index contributed by atoms with van der Waals surface area (Å²) in [6, 6.07) is 15.7. The van der Waals surface area contributed by atoms with E-state index in [0.29, 0.717) is 24.2 Å². The quantitative estimate of drug-likeness (QED) is 0.694. The van der Waals surface area contributed by atoms with Crippen molar-refractivity contribution in [2.45, 2.75) is 13.8 Å². The zero-order valence-electron chi connectivity index (χ0n) is 16.7. The number of carbonyl (C=O) groups is 2. The summed E-state index contributed by atoms with van der Waals surface area (Å²) in [5, 5.41) is 7.09. The molecule has 0 radical (unpaired) electrons. The summed E-state index contributed by atoms with van der Waals surface area (Å²) in [5.41, 5.74) is 5.29. The number of piperazine rings is 1. The maximum absolute atomic E-state index is 13.1. The van der Waals surface area contributed by atoms with Crippen molar-refractivity contribution in [3.05, 3.63) is 71.4 Å². The van der Waals surface area contributed by atoms with Crippen molar-refractivity contribution in [3.8, 4) is 11.3 Å². The predicted molar refractivity (Wildman–Crippen MR) is 113 cm³/mol. The van der Waals surface area contributed by atoms with E-state index in [-0.39, 0.29) is 11.7 Å². The molecular formula is C23H24N4O2. The highest BCUT2D eigenvalue weighted by molar-refractivity contribution is 6.00. The average molecular weight is 388 g/mol. The summed E-state index contributed by atoms with van der Waals surface area (Å²) in [5.74, 6) is 0.0670. The van der Waals surface area contributed by atoms with Gasteiger partial charge in [-0.05, 0) is 38.1 Å². The lowest BCUT2D eigenvalue weighted by Gasteiger charge is -2.36. The van der Waals surface area contributed by atoms with Gasteiger partial charge in [0.15, 0.2) is 5.78 Å². The van der Waals surface area contributed by atoms with Crippen LogP contribution in [0.2, 0.25) is 0 Å². The zero-order valence-corrected chi connectivity index (χ0v) is 16.7. The summed E-state index contributed by atoms with van der Waals surface area (Å²) in [6.07, 6.45) is 1.62. The Labute approximate surface area is 170 Å². The maximum Gasteiger partial charge on any atom is 0.257 e. The van der Waals surface area contributed by atoms with Gasteiger partial charge < -0.3 is 9.80 Å². The molecule has 1 N–H and O–H groups in total. The van der Waals surface area contributed by atoms with Crippen LogP contribution in [-0.2, 0) is 0 Å². The Balaban J connectivity index is 1.44. The molecule has 0 unspecified atom stereocenters. The number of hydrogen-bond donors (Lipinski definition) is 1. The van der Waals surface area contributed by atoms with E-state index in [1.807, 2.05) is 60.4 Å². The first-order valence-electron chi connectivity index (χ1n) is 9.78. The van der Waals surface area contributed by atoms with Crippen molar-refractivity contribution in [2.24, 2.45) is 0 Å². The second-order valence-corrected chi connectivity index (χ2v) is 7.41. The molecule has 6 heteroatoms. The van der Waals surface area contributed by atoms with E-state index in [2.05, 4.69) is 15.1 Å². The highest BCUT2D eigenvalue weighted by Gasteiger charge is 2.25. The van der Waals surface area contributed by atoms with Crippen LogP contribution in [0.3, 0.4) is 0 Å². The molecule has 1 aromatic heterocycles. The zero-order chi connectivity index (χ0) is 20.4. The first-order valence-corrected chi connectivity index (χ1v) is 9.78. The van der Waals surface area contributed by atoms with E-state index in [9.17, 15) is 9.59 Å². The number of benzene rings is 2. The van der Waals surface area contributed by atoms with Crippen molar-refractivity contribution in [2.75, 3.05) is 31.1 Å². The van der Waals surface area contributed by atoms with Gasteiger partial charge in [0.1, 0.15) is 0 Å². The third kappa shape index (κ3) is 3.92. The number of H-pyrrole nitrogens is 1. The molecule has 29 heavy (non-hydrogen) atoms. The molecule has 4 rings (SSSR count). The van der Waals surface area contributed by atoms with Crippen LogP contribution in [0.1, 0.15) is 33.2 Å². The van der Waals surface area contributed by atoms with E-state index >= 15 is 0 Å². The van der Waals surface area contributed by atoms with Gasteiger partial charge >= 0.3 is 0 Å². The monoisotopic (exact) mass is 388 g/mol. The second-order valence-electron chi connectivity index (χ2n) is 7.41. The highest BCUT2D eigenvalue weighted by atomic mass is 16.2. The van der Waals surface area contributed by atoms with Crippen LogP contribution in [0.15, 0.2) is 54.7 Å². The minimum Gasteiger partial charge on any atom is -0.368 e. The first kappa shape index (κ1) is 18.9. The molecule has 0 atom stereocenters. The van der Waals surface area contributed by atoms with Gasteiger partial charge in [0.05, 0.1) is 17.5 Å².